The predicted molar refractivity (Wildman–Crippen MR) is 103 cm³/mol. The molecule has 0 radical (unpaired) electrons. The lowest BCUT2D eigenvalue weighted by atomic mass is 10.1. The molecule has 2 heterocycles. The van der Waals surface area contributed by atoms with Crippen LogP contribution in [0.5, 0.6) is 5.75 Å². The molecule has 29 heavy (non-hydrogen) atoms. The van der Waals surface area contributed by atoms with Crippen LogP contribution in [-0.4, -0.2) is 35.2 Å². The van der Waals surface area contributed by atoms with Gasteiger partial charge in [0.25, 0.3) is 11.8 Å². The van der Waals surface area contributed by atoms with E-state index in [1.54, 1.807) is 12.1 Å². The van der Waals surface area contributed by atoms with Crippen molar-refractivity contribution in [2.75, 3.05) is 18.1 Å². The van der Waals surface area contributed by atoms with Crippen LogP contribution in [0.2, 0.25) is 0 Å². The number of carbonyl (C=O) groups excluding carboxylic acids is 2. The highest BCUT2D eigenvalue weighted by Crippen LogP contribution is 2.31. The number of para-hydroxylation sites is 2. The zero-order chi connectivity index (χ0) is 20.2. The van der Waals surface area contributed by atoms with Gasteiger partial charge in [-0.1, -0.05) is 35.0 Å². The first kappa shape index (κ1) is 18.7. The van der Waals surface area contributed by atoms with Crippen LogP contribution in [-0.2, 0) is 20.9 Å². The first-order valence-corrected chi connectivity index (χ1v) is 9.17. The zero-order valence-electron chi connectivity index (χ0n) is 15.8. The van der Waals surface area contributed by atoms with Crippen LogP contribution in [0.25, 0.3) is 11.5 Å². The fourth-order valence-electron chi connectivity index (χ4n) is 2.95. The lowest BCUT2D eigenvalue weighted by Crippen LogP contribution is -2.40. The van der Waals surface area contributed by atoms with Gasteiger partial charge in [0.2, 0.25) is 5.82 Å². The maximum absolute atomic E-state index is 12.1. The van der Waals surface area contributed by atoms with E-state index >= 15 is 0 Å². The van der Waals surface area contributed by atoms with E-state index in [0.29, 0.717) is 17.3 Å². The molecule has 1 amide bonds. The molecule has 1 aromatic heterocycles. The summed E-state index contributed by atoms with van der Waals surface area (Å²) in [5, 5.41) is 3.83. The number of rotatable bonds is 6. The number of carbonyl (C=O) groups is 2. The highest BCUT2D eigenvalue weighted by molar-refractivity contribution is 5.98. The van der Waals surface area contributed by atoms with Crippen molar-refractivity contribution in [1.29, 1.82) is 0 Å². The number of esters is 1. The summed E-state index contributed by atoms with van der Waals surface area (Å²) in [4.78, 5) is 30.0. The Bertz CT molecular complexity index is 1030. The quantitative estimate of drug-likeness (QED) is 0.594. The van der Waals surface area contributed by atoms with E-state index in [1.807, 2.05) is 43.3 Å². The van der Waals surface area contributed by atoms with Crippen molar-refractivity contribution >= 4 is 17.6 Å². The van der Waals surface area contributed by atoms with Gasteiger partial charge in [-0.3, -0.25) is 9.59 Å². The van der Waals surface area contributed by atoms with Crippen LogP contribution in [0.15, 0.2) is 53.1 Å². The van der Waals surface area contributed by atoms with Gasteiger partial charge in [0.05, 0.1) is 12.1 Å². The Labute approximate surface area is 167 Å². The largest absolute Gasteiger partial charge is 0.482 e. The fourth-order valence-corrected chi connectivity index (χ4v) is 2.95. The number of fused-ring (bicyclic) bond motifs is 1. The summed E-state index contributed by atoms with van der Waals surface area (Å²) >= 11 is 0. The highest BCUT2D eigenvalue weighted by atomic mass is 16.5. The minimum Gasteiger partial charge on any atom is -0.482 e. The van der Waals surface area contributed by atoms with E-state index in [0.717, 1.165) is 11.1 Å². The summed E-state index contributed by atoms with van der Waals surface area (Å²) in [7, 11) is 0. The number of ether oxygens (including phenoxy) is 2. The molecule has 3 aromatic rings. The Hall–Kier alpha value is -3.68. The molecule has 0 fully saturated rings. The minimum absolute atomic E-state index is 0.0444. The van der Waals surface area contributed by atoms with Crippen molar-refractivity contribution in [1.82, 2.24) is 10.1 Å². The number of aromatic nitrogens is 2. The lowest BCUT2D eigenvalue weighted by molar-refractivity contribution is -0.145. The molecule has 0 aliphatic carbocycles. The number of nitrogens with zero attached hydrogens (tertiary/aromatic N) is 3. The van der Waals surface area contributed by atoms with Crippen LogP contribution < -0.4 is 9.64 Å². The predicted octanol–water partition coefficient (Wildman–Crippen LogP) is 2.90. The Morgan fingerprint density at radius 2 is 1.97 bits per heavy atom. The summed E-state index contributed by atoms with van der Waals surface area (Å²) in [6.45, 7) is 2.06. The molecule has 0 atom stereocenters. The average Bonchev–Trinajstić information content (AvgIpc) is 3.21. The van der Waals surface area contributed by atoms with Crippen LogP contribution in [0.4, 0.5) is 5.69 Å². The van der Waals surface area contributed by atoms with Crippen LogP contribution in [0.3, 0.4) is 0 Å². The molecule has 0 spiro atoms. The van der Waals surface area contributed by atoms with Gasteiger partial charge in [0.15, 0.2) is 13.2 Å². The average molecular weight is 393 g/mol. The van der Waals surface area contributed by atoms with E-state index in [2.05, 4.69) is 10.1 Å². The molecule has 0 saturated heterocycles. The number of anilines is 1. The van der Waals surface area contributed by atoms with Gasteiger partial charge in [-0.05, 0) is 31.2 Å². The normalized spacial score (nSPS) is 13.0. The van der Waals surface area contributed by atoms with Crippen molar-refractivity contribution in [3.8, 4) is 17.2 Å². The molecule has 8 heteroatoms. The summed E-state index contributed by atoms with van der Waals surface area (Å²) in [6, 6.07) is 14.9. The monoisotopic (exact) mass is 393 g/mol. The second-order valence-corrected chi connectivity index (χ2v) is 6.59. The number of hydrogen-bond donors (Lipinski definition) is 0. The van der Waals surface area contributed by atoms with Crippen molar-refractivity contribution in [3.05, 3.63) is 59.9 Å². The van der Waals surface area contributed by atoms with E-state index in [1.165, 1.54) is 4.90 Å². The Morgan fingerprint density at radius 1 is 1.17 bits per heavy atom. The van der Waals surface area contributed by atoms with Gasteiger partial charge in [0, 0.05) is 12.1 Å². The molecular weight excluding hydrogens is 374 g/mol. The third kappa shape index (κ3) is 4.26. The molecule has 2 aromatic carbocycles. The van der Waals surface area contributed by atoms with Gasteiger partial charge in [0.1, 0.15) is 5.75 Å². The van der Waals surface area contributed by atoms with E-state index in [4.69, 9.17) is 14.0 Å². The van der Waals surface area contributed by atoms with Gasteiger partial charge in [-0.2, -0.15) is 4.98 Å². The van der Waals surface area contributed by atoms with E-state index in [-0.39, 0.29) is 37.9 Å². The maximum atomic E-state index is 12.1. The second-order valence-electron chi connectivity index (χ2n) is 6.59. The van der Waals surface area contributed by atoms with Crippen LogP contribution in [0.1, 0.15) is 17.8 Å². The van der Waals surface area contributed by atoms with E-state index in [9.17, 15) is 9.59 Å². The standard InChI is InChI=1S/C21H19N3O5/c1-14-6-8-15(9-7-14)21-22-18(23-29-21)12-28-20(26)10-11-24-16-4-2-3-5-17(16)27-13-19(24)25/h2-9H,10-13H2,1H3. The van der Waals surface area contributed by atoms with Crippen molar-refractivity contribution in [2.24, 2.45) is 0 Å². The van der Waals surface area contributed by atoms with Crippen LogP contribution >= 0.6 is 0 Å². The summed E-state index contributed by atoms with van der Waals surface area (Å²) < 4.78 is 15.8. The number of aryl methyl sites for hydroxylation is 1. The molecule has 0 saturated carbocycles. The molecule has 0 bridgehead atoms. The lowest BCUT2D eigenvalue weighted by Gasteiger charge is -2.28. The third-order valence-corrected chi connectivity index (χ3v) is 4.48. The Morgan fingerprint density at radius 3 is 2.79 bits per heavy atom. The van der Waals surface area contributed by atoms with Crippen molar-refractivity contribution in [2.45, 2.75) is 20.0 Å². The SMILES string of the molecule is Cc1ccc(-c2nc(COC(=O)CCN3C(=O)COc4ccccc43)no2)cc1. The smallest absolute Gasteiger partial charge is 0.308 e. The Kier molecular flexibility index (Phi) is 5.24. The van der Waals surface area contributed by atoms with Crippen molar-refractivity contribution < 1.29 is 23.6 Å². The second kappa shape index (κ2) is 8.14. The minimum atomic E-state index is -0.455. The molecule has 0 N–H and O–H groups in total. The molecule has 148 valence electrons. The van der Waals surface area contributed by atoms with Gasteiger partial charge in [-0.25, -0.2) is 0 Å². The zero-order valence-corrected chi connectivity index (χ0v) is 15.8. The molecule has 1 aliphatic rings. The summed E-state index contributed by atoms with van der Waals surface area (Å²) in [6.07, 6.45) is 0.0444. The van der Waals surface area contributed by atoms with E-state index < -0.39 is 5.97 Å². The van der Waals surface area contributed by atoms with Gasteiger partial charge >= 0.3 is 5.97 Å². The van der Waals surface area contributed by atoms with Crippen molar-refractivity contribution in [3.63, 3.8) is 0 Å². The summed E-state index contributed by atoms with van der Waals surface area (Å²) in [5.74, 6) is 0.616. The van der Waals surface area contributed by atoms with Gasteiger partial charge in [-0.15, -0.1) is 0 Å². The number of amides is 1. The Balaban J connectivity index is 1.31. The molecular formula is C21H19N3O5. The highest BCUT2D eigenvalue weighted by Gasteiger charge is 2.25. The third-order valence-electron chi connectivity index (χ3n) is 4.48. The van der Waals surface area contributed by atoms with Crippen LogP contribution in [0, 0.1) is 6.92 Å². The topological polar surface area (TPSA) is 94.8 Å². The molecule has 1 aliphatic heterocycles. The number of hydrogen-bond acceptors (Lipinski definition) is 7. The maximum Gasteiger partial charge on any atom is 0.308 e. The summed E-state index contributed by atoms with van der Waals surface area (Å²) in [5.41, 5.74) is 2.58. The van der Waals surface area contributed by atoms with Gasteiger partial charge < -0.3 is 18.9 Å². The molecule has 0 unspecified atom stereocenters. The fraction of sp³-hybridized carbons (Fsp3) is 0.238. The molecule has 4 rings (SSSR count). The molecule has 8 nitrogen and oxygen atoms in total. The number of benzene rings is 2. The first-order chi connectivity index (χ1) is 14.1. The first-order valence-electron chi connectivity index (χ1n) is 9.17.